The highest BCUT2D eigenvalue weighted by molar-refractivity contribution is 7.80. The lowest BCUT2D eigenvalue weighted by atomic mass is 10.2. The predicted octanol–water partition coefficient (Wildman–Crippen LogP) is 2.53. The molecule has 0 bridgehead atoms. The van der Waals surface area contributed by atoms with Crippen LogP contribution in [-0.4, -0.2) is 42.6 Å². The van der Waals surface area contributed by atoms with Crippen LogP contribution < -0.4 is 10.6 Å². The maximum absolute atomic E-state index is 6.23. The van der Waals surface area contributed by atoms with Crippen molar-refractivity contribution in [2.75, 3.05) is 37.6 Å². The fourth-order valence-electron chi connectivity index (χ4n) is 2.40. The second-order valence-corrected chi connectivity index (χ2v) is 5.78. The number of para-hydroxylation sites is 1. The average molecular weight is 298 g/mol. The quantitative estimate of drug-likeness (QED) is 0.847. The number of rotatable bonds is 5. The van der Waals surface area contributed by atoms with Gasteiger partial charge in [0.05, 0.1) is 15.7 Å². The summed E-state index contributed by atoms with van der Waals surface area (Å²) in [6.45, 7) is 5.27. The molecule has 1 fully saturated rings. The minimum Gasteiger partial charge on any atom is -0.393 e. The van der Waals surface area contributed by atoms with Gasteiger partial charge in [0.2, 0.25) is 0 Å². The van der Waals surface area contributed by atoms with Crippen molar-refractivity contribution in [3.63, 3.8) is 0 Å². The van der Waals surface area contributed by atoms with Gasteiger partial charge in [-0.05, 0) is 31.5 Å². The smallest absolute Gasteiger partial charge is 0.0727 e. The topological polar surface area (TPSA) is 32.5 Å². The number of anilines is 1. The van der Waals surface area contributed by atoms with Crippen LogP contribution in [0.2, 0.25) is 5.02 Å². The molecule has 3 nitrogen and oxygen atoms in total. The fourth-order valence-corrected chi connectivity index (χ4v) is 2.80. The van der Waals surface area contributed by atoms with E-state index in [2.05, 4.69) is 15.9 Å². The third kappa shape index (κ3) is 4.34. The first-order valence-corrected chi connectivity index (χ1v) is 7.45. The van der Waals surface area contributed by atoms with Gasteiger partial charge in [0, 0.05) is 26.2 Å². The highest BCUT2D eigenvalue weighted by Gasteiger charge is 2.18. The fraction of sp³-hybridized carbons (Fsp3) is 0.500. The molecule has 0 aromatic heterocycles. The molecular formula is C14H20ClN3S. The molecule has 1 aromatic rings. The number of piperazine rings is 1. The van der Waals surface area contributed by atoms with Gasteiger partial charge in [0.15, 0.2) is 0 Å². The van der Waals surface area contributed by atoms with Crippen molar-refractivity contribution in [2.45, 2.75) is 12.8 Å². The lowest BCUT2D eigenvalue weighted by Gasteiger charge is -2.36. The number of hydrogen-bond donors (Lipinski definition) is 1. The Balaban J connectivity index is 1.79. The molecule has 1 heterocycles. The minimum atomic E-state index is 0.620. The molecule has 0 unspecified atom stereocenters. The van der Waals surface area contributed by atoms with Crippen LogP contribution in [0.4, 0.5) is 5.69 Å². The highest BCUT2D eigenvalue weighted by atomic mass is 35.5. The van der Waals surface area contributed by atoms with Crippen molar-refractivity contribution < 1.29 is 0 Å². The van der Waals surface area contributed by atoms with Crippen LogP contribution in [0.5, 0.6) is 0 Å². The minimum absolute atomic E-state index is 0.620. The molecule has 1 saturated heterocycles. The van der Waals surface area contributed by atoms with Crippen molar-refractivity contribution in [2.24, 2.45) is 5.73 Å². The lowest BCUT2D eigenvalue weighted by molar-refractivity contribution is 0.256. The van der Waals surface area contributed by atoms with Gasteiger partial charge >= 0.3 is 0 Å². The molecule has 2 rings (SSSR count). The van der Waals surface area contributed by atoms with Crippen molar-refractivity contribution in [1.82, 2.24) is 4.90 Å². The Bertz CT molecular complexity index is 430. The summed E-state index contributed by atoms with van der Waals surface area (Å²) in [5.41, 5.74) is 6.66. The highest BCUT2D eigenvalue weighted by Crippen LogP contribution is 2.25. The Morgan fingerprint density at radius 3 is 2.53 bits per heavy atom. The van der Waals surface area contributed by atoms with Gasteiger partial charge in [0.25, 0.3) is 0 Å². The molecule has 1 aliphatic rings. The molecular weight excluding hydrogens is 278 g/mol. The summed E-state index contributed by atoms with van der Waals surface area (Å²) in [7, 11) is 0. The van der Waals surface area contributed by atoms with Crippen molar-refractivity contribution in [3.8, 4) is 0 Å². The van der Waals surface area contributed by atoms with Crippen LogP contribution in [0.3, 0.4) is 0 Å². The van der Waals surface area contributed by atoms with Crippen molar-refractivity contribution in [1.29, 1.82) is 0 Å². The summed E-state index contributed by atoms with van der Waals surface area (Å²) in [6.07, 6.45) is 1.90. The second kappa shape index (κ2) is 7.08. The number of halogens is 1. The van der Waals surface area contributed by atoms with E-state index >= 15 is 0 Å². The Kier molecular flexibility index (Phi) is 5.43. The standard InChI is InChI=1S/C14H20ClN3S/c15-12-4-1-2-5-13(12)18-10-8-17(9-11-18)7-3-6-14(16)19/h1-2,4-5H,3,6-11H2,(H2,16,19). The van der Waals surface area contributed by atoms with Crippen LogP contribution in [0.15, 0.2) is 24.3 Å². The van der Waals surface area contributed by atoms with Crippen LogP contribution in [0.1, 0.15) is 12.8 Å². The van der Waals surface area contributed by atoms with E-state index in [1.807, 2.05) is 18.2 Å². The van der Waals surface area contributed by atoms with Crippen LogP contribution in [-0.2, 0) is 0 Å². The number of benzene rings is 1. The first kappa shape index (κ1) is 14.6. The van der Waals surface area contributed by atoms with Gasteiger partial charge in [-0.2, -0.15) is 0 Å². The van der Waals surface area contributed by atoms with Crippen LogP contribution in [0.25, 0.3) is 0 Å². The Hall–Kier alpha value is -0.840. The zero-order chi connectivity index (χ0) is 13.7. The molecule has 0 amide bonds. The van der Waals surface area contributed by atoms with Crippen LogP contribution in [0, 0.1) is 0 Å². The second-order valence-electron chi connectivity index (χ2n) is 4.85. The van der Waals surface area contributed by atoms with Crippen LogP contribution >= 0.6 is 23.8 Å². The first-order valence-electron chi connectivity index (χ1n) is 6.67. The average Bonchev–Trinajstić information content (AvgIpc) is 2.40. The third-order valence-electron chi connectivity index (χ3n) is 3.46. The molecule has 1 aromatic carbocycles. The summed E-state index contributed by atoms with van der Waals surface area (Å²) in [6, 6.07) is 8.05. The summed E-state index contributed by atoms with van der Waals surface area (Å²) >= 11 is 11.1. The molecule has 2 N–H and O–H groups in total. The van der Waals surface area contributed by atoms with E-state index in [1.54, 1.807) is 0 Å². The predicted molar refractivity (Wildman–Crippen MR) is 86.1 cm³/mol. The first-order chi connectivity index (χ1) is 9.16. The van der Waals surface area contributed by atoms with E-state index in [0.717, 1.165) is 56.3 Å². The van der Waals surface area contributed by atoms with E-state index in [4.69, 9.17) is 29.6 Å². The zero-order valence-corrected chi connectivity index (χ0v) is 12.6. The summed E-state index contributed by atoms with van der Waals surface area (Å²) in [5.74, 6) is 0. The maximum Gasteiger partial charge on any atom is 0.0727 e. The van der Waals surface area contributed by atoms with E-state index in [-0.39, 0.29) is 0 Å². The molecule has 0 radical (unpaired) electrons. The van der Waals surface area contributed by atoms with Gasteiger partial charge in [-0.15, -0.1) is 0 Å². The van der Waals surface area contributed by atoms with Gasteiger partial charge in [-0.1, -0.05) is 36.0 Å². The summed E-state index contributed by atoms with van der Waals surface area (Å²) in [5, 5.41) is 0.837. The van der Waals surface area contributed by atoms with E-state index in [9.17, 15) is 0 Å². The molecule has 0 atom stereocenters. The number of hydrogen-bond acceptors (Lipinski definition) is 3. The van der Waals surface area contributed by atoms with Gasteiger partial charge in [0.1, 0.15) is 0 Å². The van der Waals surface area contributed by atoms with Gasteiger partial charge in [-0.25, -0.2) is 0 Å². The molecule has 5 heteroatoms. The molecule has 0 spiro atoms. The molecule has 104 valence electrons. The molecule has 0 aliphatic carbocycles. The number of nitrogens with zero attached hydrogens (tertiary/aromatic N) is 2. The third-order valence-corrected chi connectivity index (χ3v) is 3.99. The largest absolute Gasteiger partial charge is 0.393 e. The maximum atomic E-state index is 6.23. The Morgan fingerprint density at radius 2 is 1.89 bits per heavy atom. The van der Waals surface area contributed by atoms with E-state index in [0.29, 0.717) is 4.99 Å². The summed E-state index contributed by atoms with van der Waals surface area (Å²) in [4.78, 5) is 5.44. The normalized spacial score (nSPS) is 16.6. The zero-order valence-electron chi connectivity index (χ0n) is 11.0. The van der Waals surface area contributed by atoms with E-state index in [1.165, 1.54) is 0 Å². The number of nitrogens with two attached hydrogens (primary N) is 1. The Morgan fingerprint density at radius 1 is 1.21 bits per heavy atom. The van der Waals surface area contributed by atoms with E-state index < -0.39 is 0 Å². The molecule has 19 heavy (non-hydrogen) atoms. The lowest BCUT2D eigenvalue weighted by Crippen LogP contribution is -2.46. The molecule has 0 saturated carbocycles. The van der Waals surface area contributed by atoms with Gasteiger partial charge in [-0.3, -0.25) is 4.90 Å². The SMILES string of the molecule is NC(=S)CCCN1CCN(c2ccccc2Cl)CC1. The molecule has 1 aliphatic heterocycles. The number of thiocarbonyl (C=S) groups is 1. The van der Waals surface area contributed by atoms with Crippen molar-refractivity contribution >= 4 is 34.5 Å². The Labute approximate surface area is 125 Å². The van der Waals surface area contributed by atoms with Crippen molar-refractivity contribution in [3.05, 3.63) is 29.3 Å². The monoisotopic (exact) mass is 297 g/mol. The van der Waals surface area contributed by atoms with Gasteiger partial charge < -0.3 is 10.6 Å². The summed E-state index contributed by atoms with van der Waals surface area (Å²) < 4.78 is 0.